The summed E-state index contributed by atoms with van der Waals surface area (Å²) in [6, 6.07) is 13.7. The summed E-state index contributed by atoms with van der Waals surface area (Å²) in [5.41, 5.74) is 3.17. The fraction of sp³-hybridized carbons (Fsp3) is 0.179. The van der Waals surface area contributed by atoms with E-state index in [1.165, 1.54) is 18.2 Å². The fourth-order valence-corrected chi connectivity index (χ4v) is 4.18. The van der Waals surface area contributed by atoms with Crippen molar-refractivity contribution in [2.24, 2.45) is 0 Å². The molecule has 3 aromatic rings. The van der Waals surface area contributed by atoms with E-state index in [0.29, 0.717) is 39.4 Å². The second kappa shape index (κ2) is 11.0. The van der Waals surface area contributed by atoms with Gasteiger partial charge in [-0.2, -0.15) is 0 Å². The summed E-state index contributed by atoms with van der Waals surface area (Å²) in [7, 11) is 0. The first-order chi connectivity index (χ1) is 17.7. The van der Waals surface area contributed by atoms with Gasteiger partial charge in [0.1, 0.15) is 18.0 Å². The van der Waals surface area contributed by atoms with Crippen molar-refractivity contribution in [2.75, 3.05) is 11.5 Å². The van der Waals surface area contributed by atoms with E-state index in [1.54, 1.807) is 42.5 Å². The van der Waals surface area contributed by atoms with Crippen molar-refractivity contribution in [3.8, 4) is 11.5 Å². The molecule has 0 aliphatic carbocycles. The Morgan fingerprint density at radius 3 is 2.43 bits per heavy atom. The van der Waals surface area contributed by atoms with Crippen LogP contribution in [0.25, 0.3) is 6.08 Å². The second-order valence-corrected chi connectivity index (χ2v) is 9.25. The van der Waals surface area contributed by atoms with Crippen LogP contribution >= 0.6 is 15.9 Å². The third-order valence-electron chi connectivity index (χ3n) is 5.80. The zero-order valence-corrected chi connectivity index (χ0v) is 22.0. The highest BCUT2D eigenvalue weighted by molar-refractivity contribution is 9.10. The minimum atomic E-state index is -0.814. The topological polar surface area (TPSA) is 84.9 Å². The van der Waals surface area contributed by atoms with Gasteiger partial charge < -0.3 is 9.47 Å². The number of urea groups is 1. The molecular weight excluding hydrogens is 543 g/mol. The Hall–Kier alpha value is -3.98. The lowest BCUT2D eigenvalue weighted by atomic mass is 10.0. The molecule has 1 saturated heterocycles. The maximum atomic E-state index is 13.5. The Balaban J connectivity index is 1.67. The Morgan fingerprint density at radius 2 is 1.73 bits per heavy atom. The van der Waals surface area contributed by atoms with Crippen molar-refractivity contribution in [3.05, 3.63) is 92.7 Å². The third kappa shape index (κ3) is 5.72. The lowest BCUT2D eigenvalue weighted by Crippen LogP contribution is -2.54. The van der Waals surface area contributed by atoms with Crippen molar-refractivity contribution in [1.29, 1.82) is 0 Å². The van der Waals surface area contributed by atoms with Gasteiger partial charge >= 0.3 is 6.03 Å². The Bertz CT molecular complexity index is 1440. The van der Waals surface area contributed by atoms with E-state index in [2.05, 4.69) is 21.2 Å². The van der Waals surface area contributed by atoms with Crippen molar-refractivity contribution in [2.45, 2.75) is 27.4 Å². The predicted octanol–water partition coefficient (Wildman–Crippen LogP) is 5.85. The first kappa shape index (κ1) is 26.1. The van der Waals surface area contributed by atoms with Crippen LogP contribution in [-0.4, -0.2) is 24.5 Å². The van der Waals surface area contributed by atoms with Gasteiger partial charge in [-0.15, -0.1) is 0 Å². The zero-order chi connectivity index (χ0) is 26.7. The largest absolute Gasteiger partial charge is 0.490 e. The summed E-state index contributed by atoms with van der Waals surface area (Å²) in [4.78, 5) is 39.4. The van der Waals surface area contributed by atoms with Crippen molar-refractivity contribution in [1.82, 2.24) is 5.32 Å². The van der Waals surface area contributed by atoms with Crippen LogP contribution in [0, 0.1) is 19.7 Å². The fourth-order valence-electron chi connectivity index (χ4n) is 3.74. The van der Waals surface area contributed by atoms with E-state index in [-0.39, 0.29) is 18.0 Å². The van der Waals surface area contributed by atoms with Crippen LogP contribution in [0.3, 0.4) is 0 Å². The van der Waals surface area contributed by atoms with Crippen LogP contribution in [0.2, 0.25) is 0 Å². The van der Waals surface area contributed by atoms with E-state index in [9.17, 15) is 18.8 Å². The van der Waals surface area contributed by atoms with Crippen LogP contribution in [0.5, 0.6) is 11.5 Å². The predicted molar refractivity (Wildman–Crippen MR) is 141 cm³/mol. The van der Waals surface area contributed by atoms with E-state index in [1.807, 2.05) is 20.8 Å². The number of amides is 4. The maximum absolute atomic E-state index is 13.5. The highest BCUT2D eigenvalue weighted by Crippen LogP contribution is 2.36. The number of aryl methyl sites for hydroxylation is 2. The van der Waals surface area contributed by atoms with Gasteiger partial charge in [-0.1, -0.05) is 34.1 Å². The van der Waals surface area contributed by atoms with Gasteiger partial charge in [-0.25, -0.2) is 14.1 Å². The summed E-state index contributed by atoms with van der Waals surface area (Å²) in [5, 5.41) is 2.23. The van der Waals surface area contributed by atoms with Crippen LogP contribution in [0.1, 0.15) is 29.2 Å². The monoisotopic (exact) mass is 566 g/mol. The number of halogens is 2. The summed E-state index contributed by atoms with van der Waals surface area (Å²) in [6.45, 7) is 6.05. The Labute approximate surface area is 222 Å². The van der Waals surface area contributed by atoms with Crippen LogP contribution in [-0.2, 0) is 16.2 Å². The molecule has 0 unspecified atom stereocenters. The van der Waals surface area contributed by atoms with Gasteiger partial charge in [0.15, 0.2) is 11.5 Å². The average Bonchev–Trinajstić information content (AvgIpc) is 2.84. The highest BCUT2D eigenvalue weighted by Gasteiger charge is 2.37. The van der Waals surface area contributed by atoms with E-state index >= 15 is 0 Å². The molecule has 3 aromatic carbocycles. The molecule has 0 saturated carbocycles. The van der Waals surface area contributed by atoms with Gasteiger partial charge in [0.2, 0.25) is 0 Å². The van der Waals surface area contributed by atoms with Gasteiger partial charge in [0, 0.05) is 4.47 Å². The number of benzene rings is 3. The lowest BCUT2D eigenvalue weighted by molar-refractivity contribution is -0.122. The number of barbiturate groups is 1. The van der Waals surface area contributed by atoms with E-state index in [0.717, 1.165) is 16.0 Å². The molecule has 1 fully saturated rings. The molecule has 4 amide bonds. The zero-order valence-electron chi connectivity index (χ0n) is 20.4. The van der Waals surface area contributed by atoms with Gasteiger partial charge in [0.05, 0.1) is 12.3 Å². The average molecular weight is 567 g/mol. The molecule has 0 bridgehead atoms. The molecule has 9 heteroatoms. The molecule has 1 aliphatic rings. The number of nitrogens with one attached hydrogen (secondary N) is 1. The SMILES string of the molecule is CCOc1cc(/C=C2\C(=O)NC(=O)N(c3ccc(C)c(C)c3)C2=O)c(Br)cc1OCc1cccc(F)c1. The number of anilines is 1. The van der Waals surface area contributed by atoms with E-state index in [4.69, 9.17) is 9.47 Å². The molecular formula is C28H24BrFN2O5. The molecule has 0 atom stereocenters. The number of imide groups is 2. The van der Waals surface area contributed by atoms with Gasteiger partial charge in [-0.05, 0) is 85.5 Å². The van der Waals surface area contributed by atoms with Gasteiger partial charge in [0.25, 0.3) is 11.8 Å². The maximum Gasteiger partial charge on any atom is 0.335 e. The normalized spacial score (nSPS) is 14.7. The summed E-state index contributed by atoms with van der Waals surface area (Å²) < 4.78 is 25.6. The van der Waals surface area contributed by atoms with Crippen LogP contribution in [0.15, 0.2) is 64.6 Å². The van der Waals surface area contributed by atoms with E-state index < -0.39 is 17.8 Å². The number of ether oxygens (including phenoxy) is 2. The molecule has 1 aliphatic heterocycles. The molecule has 1 N–H and O–H groups in total. The Morgan fingerprint density at radius 1 is 0.973 bits per heavy atom. The number of hydrogen-bond acceptors (Lipinski definition) is 5. The molecule has 4 rings (SSSR count). The molecule has 190 valence electrons. The highest BCUT2D eigenvalue weighted by atomic mass is 79.9. The molecule has 37 heavy (non-hydrogen) atoms. The third-order valence-corrected chi connectivity index (χ3v) is 6.48. The summed E-state index contributed by atoms with van der Waals surface area (Å²) >= 11 is 3.46. The quantitative estimate of drug-likeness (QED) is 0.286. The minimum Gasteiger partial charge on any atom is -0.490 e. The molecule has 1 heterocycles. The minimum absolute atomic E-state index is 0.110. The number of rotatable bonds is 7. The molecule has 7 nitrogen and oxygen atoms in total. The molecule has 0 radical (unpaired) electrons. The van der Waals surface area contributed by atoms with Crippen molar-refractivity contribution < 1.29 is 28.2 Å². The molecule has 0 aromatic heterocycles. The molecule has 0 spiro atoms. The van der Waals surface area contributed by atoms with Crippen LogP contribution < -0.4 is 19.7 Å². The smallest absolute Gasteiger partial charge is 0.335 e. The van der Waals surface area contributed by atoms with Crippen LogP contribution in [0.4, 0.5) is 14.9 Å². The standard InChI is InChI=1S/C28H24BrFN2O5/c1-4-36-24-13-19(23(29)14-25(24)37-15-18-6-5-7-20(30)11-18)12-22-26(33)31-28(35)32(27(22)34)21-9-8-16(2)17(3)10-21/h5-14H,4,15H2,1-3H3,(H,31,33,35)/b22-12+. The Kier molecular flexibility index (Phi) is 7.73. The number of carbonyl (C=O) groups is 3. The summed E-state index contributed by atoms with van der Waals surface area (Å²) in [5.74, 6) is -1.14. The summed E-state index contributed by atoms with van der Waals surface area (Å²) in [6.07, 6.45) is 1.39. The first-order valence-electron chi connectivity index (χ1n) is 11.5. The lowest BCUT2D eigenvalue weighted by Gasteiger charge is -2.27. The van der Waals surface area contributed by atoms with Gasteiger partial charge in [-0.3, -0.25) is 14.9 Å². The number of hydrogen-bond donors (Lipinski definition) is 1. The number of carbonyl (C=O) groups excluding carboxylic acids is 3. The van der Waals surface area contributed by atoms with Crippen molar-refractivity contribution in [3.63, 3.8) is 0 Å². The second-order valence-electron chi connectivity index (χ2n) is 8.40. The number of nitrogens with zero attached hydrogens (tertiary/aromatic N) is 1. The first-order valence-corrected chi connectivity index (χ1v) is 12.3. The van der Waals surface area contributed by atoms with Crippen molar-refractivity contribution >= 4 is 45.5 Å².